The maximum absolute atomic E-state index is 13.3. The van der Waals surface area contributed by atoms with E-state index in [2.05, 4.69) is 40.0 Å². The summed E-state index contributed by atoms with van der Waals surface area (Å²) in [5, 5.41) is 8.06. The van der Waals surface area contributed by atoms with Gasteiger partial charge in [-0.2, -0.15) is 0 Å². The summed E-state index contributed by atoms with van der Waals surface area (Å²) < 4.78 is 20.9. The highest BCUT2D eigenvalue weighted by Gasteiger charge is 2.21. The first-order valence-corrected chi connectivity index (χ1v) is 19.0. The fourth-order valence-corrected chi connectivity index (χ4v) is 5.70. The molecule has 4 rings (SSSR count). The molecule has 0 aromatic heterocycles. The van der Waals surface area contributed by atoms with E-state index >= 15 is 0 Å². The van der Waals surface area contributed by atoms with Crippen LogP contribution >= 0.6 is 19.5 Å². The number of carbonyl (C=O) groups is 4. The molecule has 3 aromatic rings. The summed E-state index contributed by atoms with van der Waals surface area (Å²) in [5.41, 5.74) is 4.76. The van der Waals surface area contributed by atoms with Crippen LogP contribution in [0.15, 0.2) is 72.8 Å². The zero-order chi connectivity index (χ0) is 35.6. The number of anilines is 2. The van der Waals surface area contributed by atoms with Gasteiger partial charge in [0.25, 0.3) is 0 Å². The van der Waals surface area contributed by atoms with Crippen molar-refractivity contribution in [2.75, 3.05) is 29.9 Å². The van der Waals surface area contributed by atoms with E-state index in [-0.39, 0.29) is 43.7 Å². The number of rotatable bonds is 18. The number of nitrogens with zero attached hydrogens (tertiary/aromatic N) is 1. The molecule has 1 unspecified atom stereocenters. The predicted octanol–water partition coefficient (Wildman–Crippen LogP) is 6.64. The van der Waals surface area contributed by atoms with Crippen molar-refractivity contribution < 1.29 is 33.0 Å². The third kappa shape index (κ3) is 13.3. The lowest BCUT2D eigenvalue weighted by atomic mass is 10.0. The number of hydrogen-bond acceptors (Lipinski definition) is 7. The minimum absolute atomic E-state index is 0.0344. The van der Waals surface area contributed by atoms with Crippen LogP contribution in [0, 0.1) is 11.8 Å². The van der Waals surface area contributed by atoms with E-state index < -0.39 is 13.3 Å². The average Bonchev–Trinajstić information content (AvgIpc) is 3.11. The Morgan fingerprint density at radius 2 is 1.48 bits per heavy atom. The highest BCUT2D eigenvalue weighted by molar-refractivity contribution is 8.39. The average molecular weight is 718 g/mol. The van der Waals surface area contributed by atoms with Gasteiger partial charge in [0.2, 0.25) is 17.7 Å². The molecule has 0 spiro atoms. The standard InChI is InChI=1S/C37H41N4O7PS/c42-34(15-7-8-16-36(44)41-26-31-13-4-3-11-29(31)19-20-30-12-5-6-14-33(30)41)39-25-35(43)40-32-21-17-28(18-22-32)27-47-37(45)38-23-9-1-2-10-24-48-49(46)50/h3-6,11-14,17-18,21-22H,1-2,7-10,15-16,23-27H2,(H3-,38,39,40,42,43,45,46,50)/p+1. The molecule has 1 aliphatic heterocycles. The molecule has 1 heterocycles. The van der Waals surface area contributed by atoms with Crippen molar-refractivity contribution in [1.29, 1.82) is 0 Å². The third-order valence-corrected chi connectivity index (χ3v) is 8.56. The van der Waals surface area contributed by atoms with E-state index in [9.17, 15) is 23.7 Å². The molecule has 0 radical (unpaired) electrons. The molecule has 1 aliphatic rings. The second-order valence-corrected chi connectivity index (χ2v) is 13.3. The van der Waals surface area contributed by atoms with E-state index in [0.717, 1.165) is 53.6 Å². The van der Waals surface area contributed by atoms with E-state index in [1.165, 1.54) is 0 Å². The molecule has 13 heteroatoms. The first kappa shape index (κ1) is 38.1. The molecule has 0 aliphatic carbocycles. The monoisotopic (exact) mass is 717 g/mol. The Bertz CT molecular complexity index is 1710. The number of para-hydroxylation sites is 1. The van der Waals surface area contributed by atoms with Gasteiger partial charge in [0, 0.05) is 36.2 Å². The number of alkyl carbamates (subject to hydrolysis) is 1. The number of unbranched alkanes of at least 4 members (excludes halogenated alkanes) is 4. The Morgan fingerprint density at radius 1 is 0.780 bits per heavy atom. The highest BCUT2D eigenvalue weighted by atomic mass is 32.7. The Balaban J connectivity index is 1.08. The summed E-state index contributed by atoms with van der Waals surface area (Å²) in [6.07, 6.45) is 4.37. The lowest BCUT2D eigenvalue weighted by molar-refractivity contribution is -0.124. The number of ether oxygens (including phenoxy) is 1. The van der Waals surface area contributed by atoms with E-state index in [4.69, 9.17) is 9.26 Å². The Hall–Kier alpha value is -4.69. The largest absolute Gasteiger partial charge is 0.582 e. The van der Waals surface area contributed by atoms with Crippen molar-refractivity contribution in [1.82, 2.24) is 10.6 Å². The quantitative estimate of drug-likeness (QED) is 0.0500. The van der Waals surface area contributed by atoms with Crippen molar-refractivity contribution in [2.24, 2.45) is 0 Å². The zero-order valence-corrected chi connectivity index (χ0v) is 29.6. The molecule has 0 saturated heterocycles. The molecule has 0 fully saturated rings. The molecule has 262 valence electrons. The van der Waals surface area contributed by atoms with Gasteiger partial charge in [-0.25, -0.2) is 4.79 Å². The number of carbonyl (C=O) groups excluding carboxylic acids is 4. The zero-order valence-electron chi connectivity index (χ0n) is 27.8. The van der Waals surface area contributed by atoms with Gasteiger partial charge in [-0.05, 0) is 71.7 Å². The van der Waals surface area contributed by atoms with Crippen molar-refractivity contribution in [2.45, 2.75) is 64.5 Å². The van der Waals surface area contributed by atoms with Crippen LogP contribution in [0.5, 0.6) is 0 Å². The maximum Gasteiger partial charge on any atom is 0.582 e. The molecule has 1 atom stereocenters. The second-order valence-electron chi connectivity index (χ2n) is 11.6. The van der Waals surface area contributed by atoms with Crippen molar-refractivity contribution in [3.63, 3.8) is 0 Å². The summed E-state index contributed by atoms with van der Waals surface area (Å²) in [4.78, 5) is 51.8. The first-order chi connectivity index (χ1) is 24.3. The van der Waals surface area contributed by atoms with Gasteiger partial charge < -0.3 is 25.6 Å². The lowest BCUT2D eigenvalue weighted by Gasteiger charge is -2.26. The van der Waals surface area contributed by atoms with Crippen LogP contribution in [0.3, 0.4) is 0 Å². The Labute approximate surface area is 298 Å². The maximum atomic E-state index is 13.3. The molecule has 50 heavy (non-hydrogen) atoms. The van der Waals surface area contributed by atoms with Gasteiger partial charge in [0.05, 0.1) is 18.8 Å². The van der Waals surface area contributed by atoms with E-state index in [1.54, 1.807) is 29.2 Å². The molecule has 0 saturated carbocycles. The lowest BCUT2D eigenvalue weighted by Crippen LogP contribution is -2.33. The summed E-state index contributed by atoms with van der Waals surface area (Å²) >= 11 is 3.68. The number of amides is 4. The first-order valence-electron chi connectivity index (χ1n) is 16.6. The fourth-order valence-electron chi connectivity index (χ4n) is 5.17. The number of thiol groups is 1. The van der Waals surface area contributed by atoms with Gasteiger partial charge in [0.1, 0.15) is 25.5 Å². The topological polar surface area (TPSA) is 143 Å². The van der Waals surface area contributed by atoms with E-state index in [1.807, 2.05) is 48.5 Å². The molecule has 3 aromatic carbocycles. The van der Waals surface area contributed by atoms with Crippen LogP contribution in [0.1, 0.15) is 73.6 Å². The van der Waals surface area contributed by atoms with Crippen LogP contribution in [-0.4, -0.2) is 43.5 Å². The fraction of sp³-hybridized carbons (Fsp3) is 0.351. The van der Waals surface area contributed by atoms with E-state index in [0.29, 0.717) is 38.2 Å². The smallest absolute Gasteiger partial charge is 0.445 e. The van der Waals surface area contributed by atoms with Gasteiger partial charge in [-0.15, -0.1) is 4.52 Å². The molecular weight excluding hydrogens is 675 g/mol. The SMILES string of the molecule is O=C(CCCCC(=O)N1Cc2ccccc2C#Cc2ccccc21)NCC(=O)Nc1ccc(COC(=O)NCCCCCCO[P+](=O)S)cc1. The number of fused-ring (bicyclic) bond motifs is 2. The van der Waals surface area contributed by atoms with Crippen LogP contribution in [0.2, 0.25) is 0 Å². The predicted molar refractivity (Wildman–Crippen MR) is 196 cm³/mol. The number of benzene rings is 3. The van der Waals surface area contributed by atoms with Crippen molar-refractivity contribution >= 4 is 54.7 Å². The normalized spacial score (nSPS) is 11.8. The van der Waals surface area contributed by atoms with Crippen LogP contribution in [-0.2, 0) is 41.4 Å². The third-order valence-electron chi connectivity index (χ3n) is 7.81. The molecular formula is C37H42N4O7PS+. The van der Waals surface area contributed by atoms with Crippen LogP contribution < -0.4 is 20.9 Å². The Kier molecular flexibility index (Phi) is 15.8. The van der Waals surface area contributed by atoms with Crippen molar-refractivity contribution in [3.05, 3.63) is 95.1 Å². The minimum Gasteiger partial charge on any atom is -0.445 e. The summed E-state index contributed by atoms with van der Waals surface area (Å²) in [7, 11) is -1.86. The summed E-state index contributed by atoms with van der Waals surface area (Å²) in [6.45, 7) is 1.21. The summed E-state index contributed by atoms with van der Waals surface area (Å²) in [6, 6.07) is 22.3. The Morgan fingerprint density at radius 3 is 2.28 bits per heavy atom. The van der Waals surface area contributed by atoms with Gasteiger partial charge >= 0.3 is 13.3 Å². The highest BCUT2D eigenvalue weighted by Crippen LogP contribution is 2.27. The summed E-state index contributed by atoms with van der Waals surface area (Å²) in [5.74, 6) is 5.74. The molecule has 11 nitrogen and oxygen atoms in total. The van der Waals surface area contributed by atoms with Crippen molar-refractivity contribution in [3.8, 4) is 11.8 Å². The van der Waals surface area contributed by atoms with Crippen LogP contribution in [0.25, 0.3) is 0 Å². The number of nitrogens with one attached hydrogen (secondary N) is 3. The molecule has 3 N–H and O–H groups in total. The minimum atomic E-state index is -1.86. The van der Waals surface area contributed by atoms with Gasteiger partial charge in [-0.3, -0.25) is 14.4 Å². The molecule has 4 amide bonds. The van der Waals surface area contributed by atoms with Gasteiger partial charge in [-0.1, -0.05) is 67.1 Å². The van der Waals surface area contributed by atoms with Gasteiger partial charge in [0.15, 0.2) is 0 Å². The second kappa shape index (κ2) is 20.7. The molecule has 0 bridgehead atoms. The number of hydrogen-bond donors (Lipinski definition) is 4. The van der Waals surface area contributed by atoms with Crippen LogP contribution in [0.4, 0.5) is 16.2 Å².